The number of hydrogen-bond acceptors (Lipinski definition) is 3. The minimum Gasteiger partial charge on any atom is -0.243 e. The molecule has 0 bridgehead atoms. The van der Waals surface area contributed by atoms with Gasteiger partial charge in [0.05, 0.1) is 12.2 Å². The Bertz CT molecular complexity index is 610. The summed E-state index contributed by atoms with van der Waals surface area (Å²) in [5, 5.41) is 16.8. The minimum atomic E-state index is -0.271. The van der Waals surface area contributed by atoms with E-state index in [1.54, 1.807) is 22.9 Å². The molecule has 1 aromatic heterocycles. The van der Waals surface area contributed by atoms with Crippen LogP contribution in [0.15, 0.2) is 24.3 Å². The Labute approximate surface area is 111 Å². The Kier molecular flexibility index (Phi) is 3.91. The Morgan fingerprint density at radius 2 is 2.11 bits per heavy atom. The summed E-state index contributed by atoms with van der Waals surface area (Å²) >= 11 is 0. The second kappa shape index (κ2) is 5.61. The molecule has 1 aromatic carbocycles. The van der Waals surface area contributed by atoms with Crippen molar-refractivity contribution in [2.24, 2.45) is 5.92 Å². The fourth-order valence-corrected chi connectivity index (χ4v) is 1.92. The maximum atomic E-state index is 13.6. The van der Waals surface area contributed by atoms with E-state index in [0.717, 1.165) is 5.69 Å². The van der Waals surface area contributed by atoms with Crippen LogP contribution < -0.4 is 0 Å². The summed E-state index contributed by atoms with van der Waals surface area (Å²) in [4.78, 5) is 0. The molecule has 19 heavy (non-hydrogen) atoms. The van der Waals surface area contributed by atoms with Crippen molar-refractivity contribution in [3.63, 3.8) is 0 Å². The van der Waals surface area contributed by atoms with E-state index in [-0.39, 0.29) is 5.82 Å². The summed E-state index contributed by atoms with van der Waals surface area (Å²) in [6.07, 6.45) is 0.699. The zero-order valence-corrected chi connectivity index (χ0v) is 11.0. The predicted molar refractivity (Wildman–Crippen MR) is 68.8 cm³/mol. The summed E-state index contributed by atoms with van der Waals surface area (Å²) in [5.41, 5.74) is 1.63. The monoisotopic (exact) mass is 258 g/mol. The van der Waals surface area contributed by atoms with E-state index in [0.29, 0.717) is 30.1 Å². The number of rotatable bonds is 4. The third-order valence-electron chi connectivity index (χ3n) is 2.82. The lowest BCUT2D eigenvalue weighted by molar-refractivity contribution is 0.543. The molecule has 0 aliphatic carbocycles. The number of nitrogens with zero attached hydrogens (tertiary/aromatic N) is 4. The van der Waals surface area contributed by atoms with E-state index in [4.69, 9.17) is 5.26 Å². The van der Waals surface area contributed by atoms with E-state index in [9.17, 15) is 4.39 Å². The highest BCUT2D eigenvalue weighted by atomic mass is 19.1. The molecule has 0 amide bonds. The molecule has 0 spiro atoms. The maximum Gasteiger partial charge on any atom is 0.185 e. The lowest BCUT2D eigenvalue weighted by atomic mass is 10.1. The van der Waals surface area contributed by atoms with E-state index in [2.05, 4.69) is 24.2 Å². The third-order valence-corrected chi connectivity index (χ3v) is 2.82. The van der Waals surface area contributed by atoms with Gasteiger partial charge < -0.3 is 0 Å². The molecular weight excluding hydrogens is 243 g/mol. The summed E-state index contributed by atoms with van der Waals surface area (Å²) < 4.78 is 15.2. The van der Waals surface area contributed by atoms with Gasteiger partial charge in [-0.05, 0) is 18.4 Å². The first kappa shape index (κ1) is 13.2. The van der Waals surface area contributed by atoms with Gasteiger partial charge in [-0.1, -0.05) is 37.3 Å². The van der Waals surface area contributed by atoms with Crippen LogP contribution in [0.2, 0.25) is 0 Å². The van der Waals surface area contributed by atoms with Gasteiger partial charge in [-0.25, -0.2) is 9.07 Å². The Hall–Kier alpha value is -2.22. The highest BCUT2D eigenvalue weighted by Gasteiger charge is 2.15. The first-order chi connectivity index (χ1) is 9.11. The fourth-order valence-electron chi connectivity index (χ4n) is 1.92. The molecule has 5 heteroatoms. The zero-order chi connectivity index (χ0) is 13.8. The standard InChI is InChI=1S/C14H15FN4/c1-10(2)7-14-13(8-16)17-18-19(14)9-11-5-3-4-6-12(11)15/h3-6,10H,7,9H2,1-2H3. The molecular formula is C14H15FN4. The summed E-state index contributed by atoms with van der Waals surface area (Å²) in [7, 11) is 0. The topological polar surface area (TPSA) is 54.5 Å². The van der Waals surface area contributed by atoms with Gasteiger partial charge in [-0.2, -0.15) is 5.26 Å². The van der Waals surface area contributed by atoms with E-state index in [1.165, 1.54) is 6.07 Å². The molecule has 0 aliphatic heterocycles. The lowest BCUT2D eigenvalue weighted by Gasteiger charge is -2.09. The molecule has 0 saturated heterocycles. The van der Waals surface area contributed by atoms with Crippen molar-refractivity contribution < 1.29 is 4.39 Å². The number of hydrogen-bond donors (Lipinski definition) is 0. The van der Waals surface area contributed by atoms with Gasteiger partial charge in [0, 0.05) is 5.56 Å². The van der Waals surface area contributed by atoms with Crippen LogP contribution in [0, 0.1) is 23.1 Å². The van der Waals surface area contributed by atoms with Gasteiger partial charge in [0.25, 0.3) is 0 Å². The molecule has 0 radical (unpaired) electrons. The second-order valence-corrected chi connectivity index (χ2v) is 4.84. The van der Waals surface area contributed by atoms with Crippen LogP contribution in [0.25, 0.3) is 0 Å². The smallest absolute Gasteiger partial charge is 0.185 e. The van der Waals surface area contributed by atoms with Crippen molar-refractivity contribution in [3.05, 3.63) is 47.0 Å². The summed E-state index contributed by atoms with van der Waals surface area (Å²) in [6, 6.07) is 8.59. The largest absolute Gasteiger partial charge is 0.243 e. The van der Waals surface area contributed by atoms with Crippen molar-refractivity contribution in [2.75, 3.05) is 0 Å². The molecule has 2 aromatic rings. The van der Waals surface area contributed by atoms with Crippen LogP contribution in [0.1, 0.15) is 30.8 Å². The highest BCUT2D eigenvalue weighted by Crippen LogP contribution is 2.14. The fraction of sp³-hybridized carbons (Fsp3) is 0.357. The quantitative estimate of drug-likeness (QED) is 0.846. The Balaban J connectivity index is 2.33. The molecule has 0 saturated carbocycles. The van der Waals surface area contributed by atoms with E-state index >= 15 is 0 Å². The van der Waals surface area contributed by atoms with E-state index in [1.807, 2.05) is 6.07 Å². The van der Waals surface area contributed by atoms with Gasteiger partial charge in [0.2, 0.25) is 0 Å². The molecule has 4 nitrogen and oxygen atoms in total. The molecule has 0 atom stereocenters. The van der Waals surface area contributed by atoms with Gasteiger partial charge in [0.15, 0.2) is 5.69 Å². The average Bonchev–Trinajstić information content (AvgIpc) is 2.74. The van der Waals surface area contributed by atoms with Gasteiger partial charge in [0.1, 0.15) is 11.9 Å². The van der Waals surface area contributed by atoms with Gasteiger partial charge >= 0.3 is 0 Å². The molecule has 0 fully saturated rings. The molecule has 0 aliphatic rings. The van der Waals surface area contributed by atoms with E-state index < -0.39 is 0 Å². The van der Waals surface area contributed by atoms with Crippen LogP contribution in [0.4, 0.5) is 4.39 Å². The van der Waals surface area contributed by atoms with Crippen molar-refractivity contribution in [1.82, 2.24) is 15.0 Å². The molecule has 0 unspecified atom stereocenters. The molecule has 0 N–H and O–H groups in total. The highest BCUT2D eigenvalue weighted by molar-refractivity contribution is 5.26. The Morgan fingerprint density at radius 3 is 2.74 bits per heavy atom. The van der Waals surface area contributed by atoms with Crippen LogP contribution in [0.3, 0.4) is 0 Å². The first-order valence-corrected chi connectivity index (χ1v) is 6.17. The Morgan fingerprint density at radius 1 is 1.37 bits per heavy atom. The normalized spacial score (nSPS) is 10.7. The SMILES string of the molecule is CC(C)Cc1c(C#N)nnn1Cc1ccccc1F. The third kappa shape index (κ3) is 2.97. The number of benzene rings is 1. The van der Waals surface area contributed by atoms with Crippen molar-refractivity contribution >= 4 is 0 Å². The minimum absolute atomic E-state index is 0.271. The van der Waals surface area contributed by atoms with Crippen LogP contribution in [-0.4, -0.2) is 15.0 Å². The molecule has 98 valence electrons. The van der Waals surface area contributed by atoms with Crippen molar-refractivity contribution in [1.29, 1.82) is 5.26 Å². The summed E-state index contributed by atoms with van der Waals surface area (Å²) in [6.45, 7) is 4.41. The number of halogens is 1. The average molecular weight is 258 g/mol. The summed E-state index contributed by atoms with van der Waals surface area (Å²) in [5.74, 6) is 0.108. The lowest BCUT2D eigenvalue weighted by Crippen LogP contribution is -2.10. The number of nitriles is 1. The second-order valence-electron chi connectivity index (χ2n) is 4.84. The first-order valence-electron chi connectivity index (χ1n) is 6.17. The van der Waals surface area contributed by atoms with Gasteiger partial charge in [-0.3, -0.25) is 0 Å². The predicted octanol–water partition coefficient (Wildman–Crippen LogP) is 2.54. The molecule has 2 rings (SSSR count). The van der Waals surface area contributed by atoms with Gasteiger partial charge in [-0.15, -0.1) is 5.10 Å². The van der Waals surface area contributed by atoms with Crippen LogP contribution in [-0.2, 0) is 13.0 Å². The zero-order valence-electron chi connectivity index (χ0n) is 11.0. The van der Waals surface area contributed by atoms with Crippen LogP contribution >= 0.6 is 0 Å². The van der Waals surface area contributed by atoms with Crippen molar-refractivity contribution in [3.8, 4) is 6.07 Å². The maximum absolute atomic E-state index is 13.6. The van der Waals surface area contributed by atoms with Crippen molar-refractivity contribution in [2.45, 2.75) is 26.8 Å². The number of aromatic nitrogens is 3. The molecule has 1 heterocycles. The van der Waals surface area contributed by atoms with Crippen LogP contribution in [0.5, 0.6) is 0 Å².